The molecule has 12 heteroatoms. The number of nitrogens with one attached hydrogen (secondary N) is 1. The molecule has 39 heavy (non-hydrogen) atoms. The van der Waals surface area contributed by atoms with Crippen molar-refractivity contribution in [3.8, 4) is 0 Å². The highest BCUT2D eigenvalue weighted by Gasteiger charge is 2.46. The molecule has 3 heterocycles. The van der Waals surface area contributed by atoms with Crippen molar-refractivity contribution in [3.63, 3.8) is 0 Å². The van der Waals surface area contributed by atoms with Gasteiger partial charge in [0.2, 0.25) is 15.9 Å². The number of hydrogen-bond donors (Lipinski definition) is 1. The molecule has 1 amide bonds. The van der Waals surface area contributed by atoms with Crippen LogP contribution in [0.15, 0.2) is 48.8 Å². The molecule has 1 N–H and O–H groups in total. The van der Waals surface area contributed by atoms with Crippen LogP contribution in [0.3, 0.4) is 0 Å². The van der Waals surface area contributed by atoms with Gasteiger partial charge in [0.25, 0.3) is 0 Å². The lowest BCUT2D eigenvalue weighted by Gasteiger charge is -2.36. The second kappa shape index (κ2) is 10.4. The van der Waals surface area contributed by atoms with Crippen LogP contribution in [0.2, 0.25) is 0 Å². The number of anilines is 2. The SMILES string of the molecule is CN(C(=O)C1CCCN(S(C)(=O)=O)C1)[C@@H](c1ccc(Nc2cnc3cccnc3c2C2CC2)cc1)C(F)(F)F. The van der Waals surface area contributed by atoms with Crippen LogP contribution in [0.1, 0.15) is 48.8 Å². The lowest BCUT2D eigenvalue weighted by Crippen LogP contribution is -2.48. The summed E-state index contributed by atoms with van der Waals surface area (Å²) in [7, 11) is -2.41. The van der Waals surface area contributed by atoms with Crippen LogP contribution >= 0.6 is 0 Å². The number of hydrogen-bond acceptors (Lipinski definition) is 6. The summed E-state index contributed by atoms with van der Waals surface area (Å²) in [4.78, 5) is 22.8. The Morgan fingerprint density at radius 2 is 1.85 bits per heavy atom. The fraction of sp³-hybridized carbons (Fsp3) is 0.444. The zero-order valence-electron chi connectivity index (χ0n) is 21.6. The number of piperidine rings is 1. The quantitative estimate of drug-likeness (QED) is 0.437. The number of alkyl halides is 3. The summed E-state index contributed by atoms with van der Waals surface area (Å²) in [6.07, 6.45) is 2.58. The first-order valence-electron chi connectivity index (χ1n) is 12.8. The van der Waals surface area contributed by atoms with Crippen LogP contribution in [0, 0.1) is 5.92 Å². The monoisotopic (exact) mass is 561 g/mol. The third kappa shape index (κ3) is 5.86. The standard InChI is InChI=1S/C27H30F3N5O3S/c1-34(26(36)19-5-4-14-35(16-19)39(2,37)38)25(27(28,29)30)18-9-11-20(12-10-18)33-22-15-32-21-6-3-13-31-24(21)23(22)17-7-8-17/h3,6,9-13,15,17,19,25,33H,4-5,7-8,14,16H2,1-2H3/t19?,25-/m0/s1. The number of aromatic nitrogens is 2. The molecule has 5 rings (SSSR count). The van der Waals surface area contributed by atoms with Crippen LogP contribution in [-0.4, -0.2) is 66.1 Å². The van der Waals surface area contributed by atoms with Gasteiger partial charge in [0.1, 0.15) is 0 Å². The van der Waals surface area contributed by atoms with E-state index in [1.54, 1.807) is 24.5 Å². The molecule has 0 bridgehead atoms. The van der Waals surface area contributed by atoms with Gasteiger partial charge in [0, 0.05) is 37.6 Å². The number of pyridine rings is 2. The van der Waals surface area contributed by atoms with Gasteiger partial charge in [-0.15, -0.1) is 0 Å². The summed E-state index contributed by atoms with van der Waals surface area (Å²) in [6, 6.07) is 7.38. The summed E-state index contributed by atoms with van der Waals surface area (Å²) in [5, 5.41) is 3.29. The Balaban J connectivity index is 1.37. The maximum atomic E-state index is 14.3. The molecule has 2 fully saturated rings. The van der Waals surface area contributed by atoms with E-state index in [0.29, 0.717) is 29.3 Å². The molecule has 1 aromatic carbocycles. The van der Waals surface area contributed by atoms with Crippen LogP contribution in [0.5, 0.6) is 0 Å². The molecular weight excluding hydrogens is 531 g/mol. The van der Waals surface area contributed by atoms with Gasteiger partial charge in [-0.3, -0.25) is 14.8 Å². The first-order valence-corrected chi connectivity index (χ1v) is 14.7. The molecule has 2 aromatic heterocycles. The number of benzene rings is 1. The Morgan fingerprint density at radius 1 is 1.13 bits per heavy atom. The average Bonchev–Trinajstić information content (AvgIpc) is 3.73. The third-order valence-electron chi connectivity index (χ3n) is 7.40. The largest absolute Gasteiger partial charge is 0.413 e. The molecule has 1 aliphatic heterocycles. The summed E-state index contributed by atoms with van der Waals surface area (Å²) < 4.78 is 67.8. The van der Waals surface area contributed by atoms with Gasteiger partial charge in [-0.05, 0) is 61.4 Å². The Labute approximate surface area is 225 Å². The molecule has 8 nitrogen and oxygen atoms in total. The van der Waals surface area contributed by atoms with Gasteiger partial charge >= 0.3 is 6.18 Å². The van der Waals surface area contributed by atoms with E-state index in [9.17, 15) is 26.4 Å². The van der Waals surface area contributed by atoms with E-state index in [-0.39, 0.29) is 18.7 Å². The third-order valence-corrected chi connectivity index (χ3v) is 8.67. The fourth-order valence-corrected chi connectivity index (χ4v) is 6.23. The lowest BCUT2D eigenvalue weighted by molar-refractivity contribution is -0.191. The van der Waals surface area contributed by atoms with E-state index in [1.807, 2.05) is 12.1 Å². The van der Waals surface area contributed by atoms with Crippen molar-refractivity contribution in [3.05, 3.63) is 59.9 Å². The molecule has 1 unspecified atom stereocenters. The van der Waals surface area contributed by atoms with Gasteiger partial charge in [-0.1, -0.05) is 12.1 Å². The number of sulfonamides is 1. The zero-order valence-corrected chi connectivity index (χ0v) is 22.5. The summed E-state index contributed by atoms with van der Waals surface area (Å²) in [5.41, 5.74) is 3.93. The van der Waals surface area contributed by atoms with Crippen LogP contribution in [0.25, 0.3) is 11.0 Å². The first kappa shape index (κ1) is 27.3. The molecule has 2 atom stereocenters. The summed E-state index contributed by atoms with van der Waals surface area (Å²) in [5.74, 6) is -1.20. The van der Waals surface area contributed by atoms with Crippen molar-refractivity contribution in [2.75, 3.05) is 31.7 Å². The van der Waals surface area contributed by atoms with E-state index in [0.717, 1.165) is 52.7 Å². The maximum absolute atomic E-state index is 14.3. The Kier molecular flexibility index (Phi) is 7.27. The van der Waals surface area contributed by atoms with Crippen molar-refractivity contribution in [1.29, 1.82) is 0 Å². The predicted molar refractivity (Wildman–Crippen MR) is 142 cm³/mol. The van der Waals surface area contributed by atoms with Gasteiger partial charge in [-0.2, -0.15) is 13.2 Å². The zero-order chi connectivity index (χ0) is 27.9. The topological polar surface area (TPSA) is 95.5 Å². The van der Waals surface area contributed by atoms with Gasteiger partial charge in [0.15, 0.2) is 6.04 Å². The van der Waals surface area contributed by atoms with Gasteiger partial charge < -0.3 is 10.2 Å². The Morgan fingerprint density at radius 3 is 2.49 bits per heavy atom. The second-order valence-corrected chi connectivity index (χ2v) is 12.3. The normalized spacial score (nSPS) is 19.6. The second-order valence-electron chi connectivity index (χ2n) is 10.3. The molecule has 208 valence electrons. The smallest absolute Gasteiger partial charge is 0.354 e. The molecular formula is C27H30F3N5O3S. The average molecular weight is 562 g/mol. The number of halogens is 3. The van der Waals surface area contributed by atoms with Crippen molar-refractivity contribution >= 4 is 38.3 Å². The minimum atomic E-state index is -4.72. The van der Waals surface area contributed by atoms with Gasteiger partial charge in [0.05, 0.1) is 35.1 Å². The van der Waals surface area contributed by atoms with E-state index in [1.165, 1.54) is 12.1 Å². The van der Waals surface area contributed by atoms with Crippen molar-refractivity contribution in [1.82, 2.24) is 19.2 Å². The van der Waals surface area contributed by atoms with E-state index in [2.05, 4.69) is 15.3 Å². The number of fused-ring (bicyclic) bond motifs is 1. The number of nitrogens with zero attached hydrogens (tertiary/aromatic N) is 4. The Hall–Kier alpha value is -3.25. The number of carbonyl (C=O) groups excluding carboxylic acids is 1. The number of carbonyl (C=O) groups is 1. The van der Waals surface area contributed by atoms with Crippen LogP contribution < -0.4 is 5.32 Å². The minimum Gasteiger partial charge on any atom is -0.354 e. The van der Waals surface area contributed by atoms with E-state index >= 15 is 0 Å². The minimum absolute atomic E-state index is 0.0830. The molecule has 0 radical (unpaired) electrons. The highest BCUT2D eigenvalue weighted by Crippen LogP contribution is 2.46. The first-order chi connectivity index (χ1) is 18.4. The summed E-state index contributed by atoms with van der Waals surface area (Å²) >= 11 is 0. The predicted octanol–water partition coefficient (Wildman–Crippen LogP) is 4.98. The molecule has 0 spiro atoms. The van der Waals surface area contributed by atoms with E-state index < -0.39 is 34.1 Å². The van der Waals surface area contributed by atoms with Crippen molar-refractivity contribution in [2.45, 2.75) is 43.8 Å². The molecule has 1 aliphatic carbocycles. The van der Waals surface area contributed by atoms with Crippen molar-refractivity contribution in [2.24, 2.45) is 5.92 Å². The molecule has 3 aromatic rings. The van der Waals surface area contributed by atoms with Crippen LogP contribution in [0.4, 0.5) is 24.5 Å². The number of amides is 1. The fourth-order valence-electron chi connectivity index (χ4n) is 5.32. The Bertz CT molecular complexity index is 1480. The van der Waals surface area contributed by atoms with Gasteiger partial charge in [-0.25, -0.2) is 12.7 Å². The maximum Gasteiger partial charge on any atom is 0.413 e. The lowest BCUT2D eigenvalue weighted by atomic mass is 9.96. The highest BCUT2D eigenvalue weighted by molar-refractivity contribution is 7.88. The molecule has 1 saturated carbocycles. The molecule has 1 saturated heterocycles. The summed E-state index contributed by atoms with van der Waals surface area (Å²) in [6.45, 7) is 0.141. The van der Waals surface area contributed by atoms with E-state index in [4.69, 9.17) is 0 Å². The van der Waals surface area contributed by atoms with Crippen LogP contribution in [-0.2, 0) is 14.8 Å². The highest BCUT2D eigenvalue weighted by atomic mass is 32.2. The molecule has 2 aliphatic rings. The number of rotatable bonds is 7. The van der Waals surface area contributed by atoms with Crippen molar-refractivity contribution < 1.29 is 26.4 Å².